The highest BCUT2D eigenvalue weighted by atomic mass is 16.5. The van der Waals surface area contributed by atoms with Crippen LogP contribution < -0.4 is 14.8 Å². The third-order valence-electron chi connectivity index (χ3n) is 3.24. The van der Waals surface area contributed by atoms with Gasteiger partial charge in [-0.15, -0.1) is 0 Å². The van der Waals surface area contributed by atoms with Crippen LogP contribution in [0.2, 0.25) is 0 Å². The van der Waals surface area contributed by atoms with Gasteiger partial charge in [-0.3, -0.25) is 0 Å². The molecule has 0 bridgehead atoms. The van der Waals surface area contributed by atoms with Crippen LogP contribution >= 0.6 is 0 Å². The van der Waals surface area contributed by atoms with Gasteiger partial charge in [-0.1, -0.05) is 0 Å². The van der Waals surface area contributed by atoms with Crippen molar-refractivity contribution in [1.29, 1.82) is 0 Å². The molecule has 0 saturated heterocycles. The number of nitrogens with one attached hydrogen (secondary N) is 1. The van der Waals surface area contributed by atoms with Gasteiger partial charge in [-0.2, -0.15) is 0 Å². The van der Waals surface area contributed by atoms with Crippen LogP contribution in [0.5, 0.6) is 11.5 Å². The molecule has 4 nitrogen and oxygen atoms in total. The lowest BCUT2D eigenvalue weighted by atomic mass is 9.91. The SMILES string of the molecule is CNc1cc2c(cc1OC)C[C@@H](O)C(C)(C)O2. The first kappa shape index (κ1) is 12.0. The maximum atomic E-state index is 9.99. The van der Waals surface area contributed by atoms with Gasteiger partial charge in [0.15, 0.2) is 0 Å². The summed E-state index contributed by atoms with van der Waals surface area (Å²) in [4.78, 5) is 0. The van der Waals surface area contributed by atoms with Gasteiger partial charge in [-0.05, 0) is 19.9 Å². The number of hydrogen-bond acceptors (Lipinski definition) is 4. The number of hydrogen-bond donors (Lipinski definition) is 2. The molecule has 1 heterocycles. The first-order valence-electron chi connectivity index (χ1n) is 5.73. The molecule has 0 aromatic heterocycles. The second-order valence-electron chi connectivity index (χ2n) is 4.84. The summed E-state index contributed by atoms with van der Waals surface area (Å²) in [5, 5.41) is 13.1. The van der Waals surface area contributed by atoms with Gasteiger partial charge in [0.1, 0.15) is 17.1 Å². The van der Waals surface area contributed by atoms with Gasteiger partial charge in [-0.25, -0.2) is 0 Å². The zero-order valence-electron chi connectivity index (χ0n) is 10.7. The van der Waals surface area contributed by atoms with E-state index in [9.17, 15) is 5.11 Å². The van der Waals surface area contributed by atoms with Crippen molar-refractivity contribution in [2.45, 2.75) is 32.0 Å². The molecule has 0 saturated carbocycles. The third kappa shape index (κ3) is 2.05. The van der Waals surface area contributed by atoms with E-state index in [1.807, 2.05) is 33.0 Å². The fraction of sp³-hybridized carbons (Fsp3) is 0.538. The molecule has 4 heteroatoms. The minimum absolute atomic E-state index is 0.500. The van der Waals surface area contributed by atoms with Gasteiger partial charge in [0, 0.05) is 25.1 Å². The molecule has 1 aliphatic rings. The van der Waals surface area contributed by atoms with Crippen LogP contribution in [0.1, 0.15) is 19.4 Å². The summed E-state index contributed by atoms with van der Waals surface area (Å²) in [6, 6.07) is 3.83. The Labute approximate surface area is 102 Å². The molecule has 0 radical (unpaired) electrons. The molecule has 94 valence electrons. The molecule has 2 rings (SSSR count). The van der Waals surface area contributed by atoms with Crippen LogP contribution in [0.25, 0.3) is 0 Å². The zero-order chi connectivity index (χ0) is 12.6. The Hall–Kier alpha value is -1.42. The average molecular weight is 237 g/mol. The molecule has 0 fully saturated rings. The van der Waals surface area contributed by atoms with E-state index in [1.54, 1.807) is 7.11 Å². The van der Waals surface area contributed by atoms with Crippen molar-refractivity contribution in [1.82, 2.24) is 0 Å². The monoisotopic (exact) mass is 237 g/mol. The molecule has 0 unspecified atom stereocenters. The minimum atomic E-state index is -0.549. The van der Waals surface area contributed by atoms with E-state index >= 15 is 0 Å². The van der Waals surface area contributed by atoms with Crippen LogP contribution in [0, 0.1) is 0 Å². The van der Waals surface area contributed by atoms with Crippen molar-refractivity contribution in [2.75, 3.05) is 19.5 Å². The standard InChI is InChI=1S/C13H19NO3/c1-13(2)12(15)6-8-5-11(16-4)9(14-3)7-10(8)17-13/h5,7,12,14-15H,6H2,1-4H3/t12-/m1/s1. The first-order valence-corrected chi connectivity index (χ1v) is 5.73. The number of methoxy groups -OCH3 is 1. The number of anilines is 1. The molecule has 0 aliphatic carbocycles. The lowest BCUT2D eigenvalue weighted by molar-refractivity contribution is -0.0411. The molecule has 0 amide bonds. The Morgan fingerprint density at radius 2 is 2.18 bits per heavy atom. The van der Waals surface area contributed by atoms with E-state index in [2.05, 4.69) is 5.32 Å². The van der Waals surface area contributed by atoms with Crippen molar-refractivity contribution in [3.05, 3.63) is 17.7 Å². The summed E-state index contributed by atoms with van der Waals surface area (Å²) < 4.78 is 11.1. The topological polar surface area (TPSA) is 50.7 Å². The lowest BCUT2D eigenvalue weighted by Crippen LogP contribution is -2.46. The number of aliphatic hydroxyl groups is 1. The minimum Gasteiger partial charge on any atom is -0.495 e. The molecular formula is C13H19NO3. The van der Waals surface area contributed by atoms with Gasteiger partial charge < -0.3 is 19.9 Å². The van der Waals surface area contributed by atoms with Gasteiger partial charge >= 0.3 is 0 Å². The molecule has 1 aliphatic heterocycles. The van der Waals surface area contributed by atoms with Crippen LogP contribution in [0.4, 0.5) is 5.69 Å². The number of fused-ring (bicyclic) bond motifs is 1. The number of benzene rings is 1. The molecule has 17 heavy (non-hydrogen) atoms. The molecule has 2 N–H and O–H groups in total. The average Bonchev–Trinajstić information content (AvgIpc) is 2.28. The number of ether oxygens (including phenoxy) is 2. The number of rotatable bonds is 2. The lowest BCUT2D eigenvalue weighted by Gasteiger charge is -2.37. The van der Waals surface area contributed by atoms with Crippen molar-refractivity contribution in [3.8, 4) is 11.5 Å². The smallest absolute Gasteiger partial charge is 0.142 e. The Kier molecular flexibility index (Phi) is 2.91. The molecule has 1 atom stereocenters. The Morgan fingerprint density at radius 3 is 2.76 bits per heavy atom. The Balaban J connectivity index is 2.45. The largest absolute Gasteiger partial charge is 0.495 e. The van der Waals surface area contributed by atoms with Crippen molar-refractivity contribution in [3.63, 3.8) is 0 Å². The molecule has 0 spiro atoms. The summed E-state index contributed by atoms with van der Waals surface area (Å²) in [5.41, 5.74) is 1.32. The fourth-order valence-electron chi connectivity index (χ4n) is 2.03. The summed E-state index contributed by atoms with van der Waals surface area (Å²) in [6.07, 6.45) is 0.0861. The summed E-state index contributed by atoms with van der Waals surface area (Å²) in [7, 11) is 3.47. The predicted octanol–water partition coefficient (Wildman–Crippen LogP) is 1.81. The Morgan fingerprint density at radius 1 is 1.47 bits per heavy atom. The summed E-state index contributed by atoms with van der Waals surface area (Å²) in [6.45, 7) is 3.79. The van der Waals surface area contributed by atoms with Gasteiger partial charge in [0.25, 0.3) is 0 Å². The predicted molar refractivity (Wildman–Crippen MR) is 67.0 cm³/mol. The van der Waals surface area contributed by atoms with Crippen LogP contribution in [-0.4, -0.2) is 31.0 Å². The highest BCUT2D eigenvalue weighted by molar-refractivity contribution is 5.62. The van der Waals surface area contributed by atoms with Crippen molar-refractivity contribution < 1.29 is 14.6 Å². The van der Waals surface area contributed by atoms with Gasteiger partial charge in [0.2, 0.25) is 0 Å². The van der Waals surface area contributed by atoms with Crippen molar-refractivity contribution >= 4 is 5.69 Å². The van der Waals surface area contributed by atoms with Crippen molar-refractivity contribution in [2.24, 2.45) is 0 Å². The number of aliphatic hydroxyl groups excluding tert-OH is 1. The van der Waals surface area contributed by atoms with E-state index in [1.165, 1.54) is 0 Å². The fourth-order valence-corrected chi connectivity index (χ4v) is 2.03. The second-order valence-corrected chi connectivity index (χ2v) is 4.84. The molecular weight excluding hydrogens is 218 g/mol. The van der Waals surface area contributed by atoms with Crippen LogP contribution in [0.3, 0.4) is 0 Å². The van der Waals surface area contributed by atoms with E-state index in [0.29, 0.717) is 6.42 Å². The van der Waals surface area contributed by atoms with E-state index in [-0.39, 0.29) is 0 Å². The zero-order valence-corrected chi connectivity index (χ0v) is 10.7. The quantitative estimate of drug-likeness (QED) is 0.823. The van der Waals surface area contributed by atoms with Gasteiger partial charge in [0.05, 0.1) is 18.9 Å². The van der Waals surface area contributed by atoms with E-state index < -0.39 is 11.7 Å². The third-order valence-corrected chi connectivity index (χ3v) is 3.24. The Bertz CT molecular complexity index is 429. The van der Waals surface area contributed by atoms with E-state index in [0.717, 1.165) is 22.7 Å². The molecule has 1 aromatic carbocycles. The maximum absolute atomic E-state index is 9.99. The second kappa shape index (κ2) is 4.11. The summed E-state index contributed by atoms with van der Waals surface area (Å²) in [5.74, 6) is 1.58. The van der Waals surface area contributed by atoms with E-state index in [4.69, 9.17) is 9.47 Å². The maximum Gasteiger partial charge on any atom is 0.142 e. The van der Waals surface area contributed by atoms with Crippen LogP contribution in [-0.2, 0) is 6.42 Å². The first-order chi connectivity index (χ1) is 7.97. The summed E-state index contributed by atoms with van der Waals surface area (Å²) >= 11 is 0. The molecule has 1 aromatic rings. The highest BCUT2D eigenvalue weighted by Crippen LogP contribution is 2.39. The van der Waals surface area contributed by atoms with Crippen LogP contribution in [0.15, 0.2) is 12.1 Å². The normalized spacial score (nSPS) is 21.4. The highest BCUT2D eigenvalue weighted by Gasteiger charge is 2.36.